The Morgan fingerprint density at radius 1 is 0.947 bits per heavy atom. The Kier molecular flexibility index (Phi) is 12.0. The molecule has 8 nitrogen and oxygen atoms in total. The third kappa shape index (κ3) is 10.8. The van der Waals surface area contributed by atoms with Crippen molar-refractivity contribution in [2.75, 3.05) is 46.8 Å². The number of nitrogens with zero attached hydrogens (tertiary/aromatic N) is 3. The van der Waals surface area contributed by atoms with Crippen LogP contribution in [0.2, 0.25) is 0 Å². The zero-order valence-corrected chi connectivity index (χ0v) is 20.8. The van der Waals surface area contributed by atoms with Crippen LogP contribution in [0.25, 0.3) is 0 Å². The summed E-state index contributed by atoms with van der Waals surface area (Å²) in [5, 5.41) is 14.2. The summed E-state index contributed by atoms with van der Waals surface area (Å²) >= 11 is 0. The Balaban J connectivity index is 0.000000426. The van der Waals surface area contributed by atoms with Gasteiger partial charge in [-0.2, -0.15) is 26.3 Å². The topological polar surface area (TPSA) is 101 Å². The first kappa shape index (κ1) is 33.1. The summed E-state index contributed by atoms with van der Waals surface area (Å²) in [5.74, 6) is -5.37. The van der Waals surface area contributed by atoms with Crippen LogP contribution in [0.4, 0.5) is 30.7 Å². The van der Waals surface area contributed by atoms with E-state index in [9.17, 15) is 35.5 Å². The standard InChI is InChI=1S/C19H28FN3O.2C2HF3O2/c1-21(2)12-13-23-11-9-19(18(23)24)8-3-10-22(15-19)14-16-4-6-17(20)7-5-16;2*3-2(4,5)1(6)7/h4-7H,3,8-15H2,1-2H3;2*(H,6,7). The van der Waals surface area contributed by atoms with Crippen LogP contribution in [0, 0.1) is 11.2 Å². The number of rotatable bonds is 5. The lowest BCUT2D eigenvalue weighted by atomic mass is 9.78. The van der Waals surface area contributed by atoms with Gasteiger partial charge in [-0.1, -0.05) is 12.1 Å². The average molecular weight is 561 g/mol. The van der Waals surface area contributed by atoms with Gasteiger partial charge in [-0.25, -0.2) is 14.0 Å². The van der Waals surface area contributed by atoms with Crippen LogP contribution in [-0.4, -0.2) is 102 Å². The van der Waals surface area contributed by atoms with Crippen molar-refractivity contribution in [2.45, 2.75) is 38.2 Å². The highest BCUT2D eigenvalue weighted by molar-refractivity contribution is 5.85. The molecule has 2 heterocycles. The van der Waals surface area contributed by atoms with Gasteiger partial charge >= 0.3 is 24.3 Å². The van der Waals surface area contributed by atoms with Crippen molar-refractivity contribution in [3.63, 3.8) is 0 Å². The van der Waals surface area contributed by atoms with E-state index in [0.717, 1.165) is 64.1 Å². The van der Waals surface area contributed by atoms with Crippen LogP contribution in [0.1, 0.15) is 24.8 Å². The highest BCUT2D eigenvalue weighted by Crippen LogP contribution is 2.40. The maximum atomic E-state index is 13.1. The van der Waals surface area contributed by atoms with Gasteiger partial charge in [-0.3, -0.25) is 9.69 Å². The predicted octanol–water partition coefficient (Wildman–Crippen LogP) is 3.47. The van der Waals surface area contributed by atoms with E-state index in [0.29, 0.717) is 5.91 Å². The molecule has 1 unspecified atom stereocenters. The Bertz CT molecular complexity index is 915. The van der Waals surface area contributed by atoms with Gasteiger partial charge in [0.05, 0.1) is 5.41 Å². The molecule has 2 aliphatic rings. The second-order valence-corrected chi connectivity index (χ2v) is 9.17. The molecule has 2 N–H and O–H groups in total. The van der Waals surface area contributed by atoms with Gasteiger partial charge < -0.3 is 20.0 Å². The number of benzene rings is 1. The van der Waals surface area contributed by atoms with Gasteiger partial charge in [0.15, 0.2) is 0 Å². The molecule has 1 aromatic carbocycles. The van der Waals surface area contributed by atoms with Crippen LogP contribution in [0.3, 0.4) is 0 Å². The Labute approximate surface area is 214 Å². The van der Waals surface area contributed by atoms with Crippen LogP contribution in [0.15, 0.2) is 24.3 Å². The number of amides is 1. The third-order valence-corrected chi connectivity index (χ3v) is 5.88. The quantitative estimate of drug-likeness (QED) is 0.531. The van der Waals surface area contributed by atoms with Crippen molar-refractivity contribution < 1.29 is 55.3 Å². The summed E-state index contributed by atoms with van der Waals surface area (Å²) < 4.78 is 76.5. The summed E-state index contributed by atoms with van der Waals surface area (Å²) in [5.41, 5.74) is 0.924. The second kappa shape index (κ2) is 13.7. The number of aliphatic carboxylic acids is 2. The van der Waals surface area contributed by atoms with Crippen molar-refractivity contribution in [2.24, 2.45) is 5.41 Å². The average Bonchev–Trinajstić information content (AvgIpc) is 3.08. The summed E-state index contributed by atoms with van der Waals surface area (Å²) in [7, 11) is 4.09. The second-order valence-electron chi connectivity index (χ2n) is 9.17. The summed E-state index contributed by atoms with van der Waals surface area (Å²) in [4.78, 5) is 37.3. The van der Waals surface area contributed by atoms with E-state index in [1.54, 1.807) is 0 Å². The molecule has 2 aliphatic heterocycles. The third-order valence-electron chi connectivity index (χ3n) is 5.88. The SMILES string of the molecule is CN(C)CCN1CCC2(CCCN(Cc3ccc(F)cc3)C2)C1=O.O=C(O)C(F)(F)F.O=C(O)C(F)(F)F. The Morgan fingerprint density at radius 3 is 1.89 bits per heavy atom. The van der Waals surface area contributed by atoms with Gasteiger partial charge in [0.25, 0.3) is 0 Å². The molecule has 216 valence electrons. The monoisotopic (exact) mass is 561 g/mol. The number of carboxylic acid groups (broad SMARTS) is 2. The Morgan fingerprint density at radius 2 is 1.45 bits per heavy atom. The fourth-order valence-corrected chi connectivity index (χ4v) is 4.02. The highest BCUT2D eigenvalue weighted by atomic mass is 19.4. The minimum Gasteiger partial charge on any atom is -0.475 e. The molecule has 1 spiro atoms. The van der Waals surface area contributed by atoms with Crippen LogP contribution in [0.5, 0.6) is 0 Å². The van der Waals surface area contributed by atoms with E-state index >= 15 is 0 Å². The number of hydrogen-bond donors (Lipinski definition) is 2. The van der Waals surface area contributed by atoms with Gasteiger partial charge in [0.2, 0.25) is 5.91 Å². The van der Waals surface area contributed by atoms with Gasteiger partial charge in [0.1, 0.15) is 5.82 Å². The van der Waals surface area contributed by atoms with E-state index in [4.69, 9.17) is 19.8 Å². The van der Waals surface area contributed by atoms with Crippen molar-refractivity contribution in [3.05, 3.63) is 35.6 Å². The lowest BCUT2D eigenvalue weighted by Gasteiger charge is -2.39. The lowest BCUT2D eigenvalue weighted by molar-refractivity contribution is -0.193. The first-order chi connectivity index (χ1) is 17.4. The highest BCUT2D eigenvalue weighted by Gasteiger charge is 2.48. The fourth-order valence-electron chi connectivity index (χ4n) is 4.02. The number of carbonyl (C=O) groups excluding carboxylic acids is 1. The summed E-state index contributed by atoms with van der Waals surface area (Å²) in [6.07, 6.45) is -7.13. The van der Waals surface area contributed by atoms with E-state index in [1.807, 2.05) is 31.1 Å². The van der Waals surface area contributed by atoms with Crippen LogP contribution < -0.4 is 0 Å². The van der Waals surface area contributed by atoms with Crippen molar-refractivity contribution in [3.8, 4) is 0 Å². The molecule has 15 heteroatoms. The summed E-state index contributed by atoms with van der Waals surface area (Å²) in [6.45, 7) is 5.28. The first-order valence-corrected chi connectivity index (χ1v) is 11.4. The number of alkyl halides is 6. The van der Waals surface area contributed by atoms with Crippen LogP contribution >= 0.6 is 0 Å². The van der Waals surface area contributed by atoms with E-state index in [2.05, 4.69) is 9.80 Å². The Hall–Kier alpha value is -2.94. The molecule has 0 aliphatic carbocycles. The largest absolute Gasteiger partial charge is 0.490 e. The maximum absolute atomic E-state index is 13.1. The normalized spacial score (nSPS) is 20.1. The fraction of sp³-hybridized carbons (Fsp3) is 0.609. The van der Waals surface area contributed by atoms with E-state index in [1.165, 1.54) is 12.1 Å². The number of likely N-dealkylation sites (N-methyl/N-ethyl adjacent to an activating group) is 1. The summed E-state index contributed by atoms with van der Waals surface area (Å²) in [6, 6.07) is 6.71. The number of carbonyl (C=O) groups is 3. The molecule has 38 heavy (non-hydrogen) atoms. The molecule has 0 saturated carbocycles. The zero-order chi connectivity index (χ0) is 29.3. The van der Waals surface area contributed by atoms with Crippen LogP contribution in [-0.2, 0) is 20.9 Å². The molecule has 0 aromatic heterocycles. The molecule has 2 saturated heterocycles. The zero-order valence-electron chi connectivity index (χ0n) is 20.8. The number of hydrogen-bond acceptors (Lipinski definition) is 5. The molecular weight excluding hydrogens is 531 g/mol. The minimum atomic E-state index is -5.08. The van der Waals surface area contributed by atoms with Crippen molar-refractivity contribution in [1.82, 2.24) is 14.7 Å². The molecule has 2 fully saturated rings. The van der Waals surface area contributed by atoms with Crippen molar-refractivity contribution >= 4 is 17.8 Å². The predicted molar refractivity (Wildman–Crippen MR) is 120 cm³/mol. The first-order valence-electron chi connectivity index (χ1n) is 11.4. The minimum absolute atomic E-state index is 0.190. The van der Waals surface area contributed by atoms with E-state index in [-0.39, 0.29) is 11.2 Å². The molecule has 3 rings (SSSR count). The maximum Gasteiger partial charge on any atom is 0.490 e. The van der Waals surface area contributed by atoms with Crippen molar-refractivity contribution in [1.29, 1.82) is 0 Å². The molecule has 1 atom stereocenters. The van der Waals surface area contributed by atoms with E-state index < -0.39 is 24.3 Å². The van der Waals surface area contributed by atoms with Gasteiger partial charge in [0, 0.05) is 32.7 Å². The molecular formula is C23H30F7N3O5. The molecule has 0 bridgehead atoms. The lowest BCUT2D eigenvalue weighted by Crippen LogP contribution is -2.48. The number of carboxylic acids is 2. The smallest absolute Gasteiger partial charge is 0.475 e. The number of halogens is 7. The number of likely N-dealkylation sites (tertiary alicyclic amines) is 2. The van der Waals surface area contributed by atoms with Gasteiger partial charge in [-0.15, -0.1) is 0 Å². The molecule has 0 radical (unpaired) electrons. The van der Waals surface area contributed by atoms with Gasteiger partial charge in [-0.05, 0) is 57.6 Å². The number of piperidine rings is 1. The molecule has 1 amide bonds. The molecule has 1 aromatic rings.